The number of piperazine rings is 1. The molecular weight excluding hydrogens is 362 g/mol. The van der Waals surface area contributed by atoms with E-state index in [-0.39, 0.29) is 5.91 Å². The number of hydrogen-bond acceptors (Lipinski definition) is 6. The summed E-state index contributed by atoms with van der Waals surface area (Å²) in [5.74, 6) is 1.01. The fraction of sp³-hybridized carbons (Fsp3) is 0.300. The van der Waals surface area contributed by atoms with Gasteiger partial charge in [-0.05, 0) is 24.3 Å². The normalized spacial score (nSPS) is 14.4. The number of amides is 1. The first-order chi connectivity index (χ1) is 13.2. The van der Waals surface area contributed by atoms with Crippen LogP contribution >= 0.6 is 11.3 Å². The largest absolute Gasteiger partial charge is 0.496 e. The topological polar surface area (TPSA) is 54.9 Å². The highest BCUT2D eigenvalue weighted by Gasteiger charge is 2.28. The summed E-state index contributed by atoms with van der Waals surface area (Å²) < 4.78 is 11.9. The van der Waals surface area contributed by atoms with E-state index < -0.39 is 0 Å². The Labute approximate surface area is 161 Å². The van der Waals surface area contributed by atoms with Gasteiger partial charge in [0.15, 0.2) is 5.13 Å². The molecule has 0 aliphatic carbocycles. The van der Waals surface area contributed by atoms with Crippen LogP contribution in [0.4, 0.5) is 5.13 Å². The van der Waals surface area contributed by atoms with Crippen LogP contribution in [0, 0.1) is 0 Å². The van der Waals surface area contributed by atoms with E-state index in [1.165, 1.54) is 4.70 Å². The van der Waals surface area contributed by atoms with Gasteiger partial charge in [0.25, 0.3) is 5.91 Å². The molecular formula is C20H21N3O3S. The minimum atomic E-state index is -0.0618. The minimum absolute atomic E-state index is 0.0618. The van der Waals surface area contributed by atoms with Crippen LogP contribution < -0.4 is 14.4 Å². The minimum Gasteiger partial charge on any atom is -0.496 e. The maximum atomic E-state index is 13.1. The number of carbonyl (C=O) groups excluding carboxylic acids is 1. The Hall–Kier alpha value is -2.80. The molecule has 7 heteroatoms. The average Bonchev–Trinajstić information content (AvgIpc) is 3.17. The van der Waals surface area contributed by atoms with E-state index in [0.717, 1.165) is 23.7 Å². The van der Waals surface area contributed by atoms with E-state index in [0.29, 0.717) is 30.2 Å². The molecule has 0 unspecified atom stereocenters. The van der Waals surface area contributed by atoms with E-state index in [9.17, 15) is 4.79 Å². The van der Waals surface area contributed by atoms with Gasteiger partial charge in [-0.2, -0.15) is 0 Å². The van der Waals surface area contributed by atoms with E-state index in [4.69, 9.17) is 14.5 Å². The first-order valence-electron chi connectivity index (χ1n) is 8.82. The molecule has 27 heavy (non-hydrogen) atoms. The van der Waals surface area contributed by atoms with Crippen molar-refractivity contribution in [3.8, 4) is 11.5 Å². The van der Waals surface area contributed by atoms with Gasteiger partial charge < -0.3 is 19.3 Å². The Morgan fingerprint density at radius 1 is 0.963 bits per heavy atom. The quantitative estimate of drug-likeness (QED) is 0.692. The van der Waals surface area contributed by atoms with Gasteiger partial charge in [0, 0.05) is 26.2 Å². The van der Waals surface area contributed by atoms with E-state index in [1.807, 2.05) is 29.2 Å². The Morgan fingerprint density at radius 2 is 1.63 bits per heavy atom. The lowest BCUT2D eigenvalue weighted by molar-refractivity contribution is 0.0740. The van der Waals surface area contributed by atoms with Gasteiger partial charge in [-0.15, -0.1) is 0 Å². The number of anilines is 1. The summed E-state index contributed by atoms with van der Waals surface area (Å²) in [6, 6.07) is 13.5. The third-order valence-electron chi connectivity index (χ3n) is 4.76. The van der Waals surface area contributed by atoms with Crippen LogP contribution in [0.2, 0.25) is 0 Å². The second-order valence-electron chi connectivity index (χ2n) is 6.28. The SMILES string of the molecule is COc1cccc(OC)c1C(=O)N1CCN(c2nc3ccccc3s2)CC1. The molecule has 1 fully saturated rings. The fourth-order valence-corrected chi connectivity index (χ4v) is 4.33. The third-order valence-corrected chi connectivity index (χ3v) is 5.86. The Kier molecular flexibility index (Phi) is 4.85. The molecule has 1 amide bonds. The maximum Gasteiger partial charge on any atom is 0.261 e. The first-order valence-corrected chi connectivity index (χ1v) is 9.63. The molecule has 1 aromatic heterocycles. The fourth-order valence-electron chi connectivity index (χ4n) is 3.32. The molecule has 2 aromatic carbocycles. The molecule has 0 bridgehead atoms. The molecule has 0 radical (unpaired) electrons. The molecule has 1 aliphatic heterocycles. The predicted molar refractivity (Wildman–Crippen MR) is 107 cm³/mol. The molecule has 0 spiro atoms. The molecule has 2 heterocycles. The van der Waals surface area contributed by atoms with Crippen molar-refractivity contribution < 1.29 is 14.3 Å². The highest BCUT2D eigenvalue weighted by Crippen LogP contribution is 2.32. The zero-order chi connectivity index (χ0) is 18.8. The molecule has 6 nitrogen and oxygen atoms in total. The summed E-state index contributed by atoms with van der Waals surface area (Å²) in [6.45, 7) is 2.78. The summed E-state index contributed by atoms with van der Waals surface area (Å²) in [6.07, 6.45) is 0. The maximum absolute atomic E-state index is 13.1. The highest BCUT2D eigenvalue weighted by atomic mass is 32.1. The van der Waals surface area contributed by atoms with Crippen LogP contribution in [0.1, 0.15) is 10.4 Å². The zero-order valence-electron chi connectivity index (χ0n) is 15.3. The number of hydrogen-bond donors (Lipinski definition) is 0. The molecule has 0 atom stereocenters. The van der Waals surface area contributed by atoms with Crippen molar-refractivity contribution in [2.24, 2.45) is 0 Å². The van der Waals surface area contributed by atoms with Gasteiger partial charge in [0.1, 0.15) is 17.1 Å². The number of thiazole rings is 1. The van der Waals surface area contributed by atoms with E-state index in [1.54, 1.807) is 37.7 Å². The molecule has 3 aromatic rings. The van der Waals surface area contributed by atoms with Crippen molar-refractivity contribution in [3.63, 3.8) is 0 Å². The number of aromatic nitrogens is 1. The number of fused-ring (bicyclic) bond motifs is 1. The van der Waals surface area contributed by atoms with Gasteiger partial charge in [0.05, 0.1) is 24.4 Å². The van der Waals surface area contributed by atoms with Crippen molar-refractivity contribution in [1.29, 1.82) is 0 Å². The standard InChI is InChI=1S/C20H21N3O3S/c1-25-15-7-5-8-16(26-2)18(15)19(24)22-10-12-23(13-11-22)20-21-14-6-3-4-9-17(14)27-20/h3-9H,10-13H2,1-2H3. The highest BCUT2D eigenvalue weighted by molar-refractivity contribution is 7.22. The predicted octanol–water partition coefficient (Wildman–Crippen LogP) is 3.28. The average molecular weight is 383 g/mol. The Bertz CT molecular complexity index is 909. The van der Waals surface area contributed by atoms with Crippen LogP contribution in [0.5, 0.6) is 11.5 Å². The van der Waals surface area contributed by atoms with Gasteiger partial charge in [-0.3, -0.25) is 4.79 Å². The van der Waals surface area contributed by atoms with Crippen LogP contribution in [-0.2, 0) is 0 Å². The summed E-state index contributed by atoms with van der Waals surface area (Å²) in [5.41, 5.74) is 1.51. The smallest absolute Gasteiger partial charge is 0.261 e. The lowest BCUT2D eigenvalue weighted by atomic mass is 10.1. The number of carbonyl (C=O) groups is 1. The summed E-state index contributed by atoms with van der Waals surface area (Å²) in [4.78, 5) is 21.9. The molecule has 1 saturated heterocycles. The van der Waals surface area contributed by atoms with Crippen LogP contribution in [0.15, 0.2) is 42.5 Å². The molecule has 4 rings (SSSR count). The molecule has 1 aliphatic rings. The lowest BCUT2D eigenvalue weighted by Crippen LogP contribution is -2.48. The van der Waals surface area contributed by atoms with Crippen LogP contribution in [0.25, 0.3) is 10.2 Å². The summed E-state index contributed by atoms with van der Waals surface area (Å²) in [7, 11) is 3.13. The van der Waals surface area contributed by atoms with Crippen molar-refractivity contribution in [3.05, 3.63) is 48.0 Å². The third kappa shape index (κ3) is 3.30. The van der Waals surface area contributed by atoms with Crippen molar-refractivity contribution in [1.82, 2.24) is 9.88 Å². The number of ether oxygens (including phenoxy) is 2. The second kappa shape index (κ2) is 7.44. The Morgan fingerprint density at radius 3 is 2.26 bits per heavy atom. The van der Waals surface area contributed by atoms with Crippen molar-refractivity contribution in [2.75, 3.05) is 45.3 Å². The molecule has 0 saturated carbocycles. The van der Waals surface area contributed by atoms with Crippen LogP contribution in [-0.4, -0.2) is 56.2 Å². The second-order valence-corrected chi connectivity index (χ2v) is 7.29. The first kappa shape index (κ1) is 17.6. The van der Waals surface area contributed by atoms with Crippen LogP contribution in [0.3, 0.4) is 0 Å². The number of methoxy groups -OCH3 is 2. The van der Waals surface area contributed by atoms with Gasteiger partial charge in [-0.1, -0.05) is 29.5 Å². The van der Waals surface area contributed by atoms with Gasteiger partial charge >= 0.3 is 0 Å². The Balaban J connectivity index is 1.50. The number of para-hydroxylation sites is 1. The molecule has 140 valence electrons. The molecule has 0 N–H and O–H groups in total. The number of benzene rings is 2. The van der Waals surface area contributed by atoms with E-state index in [2.05, 4.69) is 11.0 Å². The van der Waals surface area contributed by atoms with Gasteiger partial charge in [0.2, 0.25) is 0 Å². The summed E-state index contributed by atoms with van der Waals surface area (Å²) >= 11 is 1.69. The monoisotopic (exact) mass is 383 g/mol. The van der Waals surface area contributed by atoms with Crippen molar-refractivity contribution in [2.45, 2.75) is 0 Å². The zero-order valence-corrected chi connectivity index (χ0v) is 16.2. The van der Waals surface area contributed by atoms with Gasteiger partial charge in [-0.25, -0.2) is 4.98 Å². The number of nitrogens with zero attached hydrogens (tertiary/aromatic N) is 3. The lowest BCUT2D eigenvalue weighted by Gasteiger charge is -2.35. The van der Waals surface area contributed by atoms with Crippen molar-refractivity contribution >= 4 is 32.6 Å². The van der Waals surface area contributed by atoms with E-state index >= 15 is 0 Å². The number of rotatable bonds is 4. The summed E-state index contributed by atoms with van der Waals surface area (Å²) in [5, 5.41) is 1.01.